The lowest BCUT2D eigenvalue weighted by molar-refractivity contribution is -0.684. The second-order valence-corrected chi connectivity index (χ2v) is 17.3. The van der Waals surface area contributed by atoms with Crippen LogP contribution in [0.1, 0.15) is 74.4 Å². The molecule has 0 radical (unpaired) electrons. The highest BCUT2D eigenvalue weighted by Gasteiger charge is 2.47. The molecule has 0 saturated carbocycles. The molecule has 0 bridgehead atoms. The van der Waals surface area contributed by atoms with Gasteiger partial charge in [0.15, 0.2) is 12.4 Å². The normalized spacial score (nSPS) is 13.4. The third kappa shape index (κ3) is 14.4. The first-order chi connectivity index (χ1) is 34.4. The molecule has 0 aliphatic heterocycles. The molecule has 0 atom stereocenters. The SMILES string of the molecule is CC(C)Cc1c[n+](CC(=O)c2ccccc2)ccn1.FC(F)(F)c1cc([B-](c2cc(C(F)(F)F)cc(C(F)(F)F)c2)(c2cc(C(F)(F)F)cc(C(F)(F)F)c2)c2cc(C(F)(F)F)cc(C(F)(F)F)c2)cc(C(F)(F)F)c1. The van der Waals surface area contributed by atoms with E-state index in [1.165, 1.54) is 0 Å². The lowest BCUT2D eigenvalue weighted by Gasteiger charge is -2.46. The van der Waals surface area contributed by atoms with Crippen molar-refractivity contribution >= 4 is 33.8 Å². The summed E-state index contributed by atoms with van der Waals surface area (Å²) in [5.41, 5.74) is -28.4. The maximum Gasteiger partial charge on any atom is 0.416 e. The second-order valence-electron chi connectivity index (χ2n) is 17.3. The Morgan fingerprint density at radius 1 is 0.434 bits per heavy atom. The molecule has 28 heteroatoms. The number of halogens is 24. The molecule has 0 fully saturated rings. The molecule has 0 saturated heterocycles. The summed E-state index contributed by atoms with van der Waals surface area (Å²) in [5, 5.41) is 0. The summed E-state index contributed by atoms with van der Waals surface area (Å²) in [6, 6.07) is 0.563. The van der Waals surface area contributed by atoms with Gasteiger partial charge < -0.3 is 0 Å². The summed E-state index contributed by atoms with van der Waals surface area (Å²) in [6.07, 6.45) is -48.3. The van der Waals surface area contributed by atoms with E-state index in [2.05, 4.69) is 18.8 Å². The van der Waals surface area contributed by atoms with Gasteiger partial charge in [0, 0.05) is 5.56 Å². The summed E-state index contributed by atoms with van der Waals surface area (Å²) >= 11 is 0. The van der Waals surface area contributed by atoms with Crippen LogP contribution < -0.4 is 26.4 Å². The lowest BCUT2D eigenvalue weighted by atomic mass is 9.12. The molecule has 410 valence electrons. The third-order valence-electron chi connectivity index (χ3n) is 11.3. The van der Waals surface area contributed by atoms with Gasteiger partial charge in [0.1, 0.15) is 11.8 Å². The zero-order valence-corrected chi connectivity index (χ0v) is 38.0. The predicted molar refractivity (Wildman–Crippen MR) is 224 cm³/mol. The van der Waals surface area contributed by atoms with Gasteiger partial charge in [-0.1, -0.05) is 92.7 Å². The van der Waals surface area contributed by atoms with Crippen LogP contribution in [0.3, 0.4) is 0 Å². The molecule has 0 amide bonds. The smallest absolute Gasteiger partial charge is 0.287 e. The van der Waals surface area contributed by atoms with Crippen molar-refractivity contribution in [1.82, 2.24) is 4.98 Å². The van der Waals surface area contributed by atoms with Crippen LogP contribution in [0, 0.1) is 5.92 Å². The van der Waals surface area contributed by atoms with E-state index < -0.39 is 195 Å². The fourth-order valence-corrected chi connectivity index (χ4v) is 8.06. The van der Waals surface area contributed by atoms with Gasteiger partial charge in [-0.25, -0.2) is 4.98 Å². The van der Waals surface area contributed by atoms with E-state index in [4.69, 9.17) is 0 Å². The Bertz CT molecular complexity index is 2600. The van der Waals surface area contributed by atoms with E-state index in [0.29, 0.717) is 12.5 Å². The molecule has 0 spiro atoms. The minimum absolute atomic E-state index is 0.118. The summed E-state index contributed by atoms with van der Waals surface area (Å²) in [7, 11) is 0. The number of carbonyl (C=O) groups is 1. The zero-order valence-electron chi connectivity index (χ0n) is 38.0. The zero-order chi connectivity index (χ0) is 57.6. The number of ketones is 1. The number of hydrogen-bond donors (Lipinski definition) is 0. The van der Waals surface area contributed by atoms with Gasteiger partial charge in [-0.3, -0.25) is 4.79 Å². The van der Waals surface area contributed by atoms with Crippen molar-refractivity contribution in [1.29, 1.82) is 0 Å². The van der Waals surface area contributed by atoms with E-state index in [0.717, 1.165) is 17.7 Å². The maximum absolute atomic E-state index is 14.2. The molecular formula is C48H31BF24N2O. The number of Topliss-reactive ketones (excluding diaryl/α,β-unsaturated/α-hetero) is 1. The molecule has 0 N–H and O–H groups in total. The van der Waals surface area contributed by atoms with Crippen LogP contribution in [0.2, 0.25) is 0 Å². The minimum atomic E-state index is -6.13. The standard InChI is InChI=1S/C32H12BF24.C16H19N2O/c34-25(35,36)13-1-14(26(37,38)39)6-21(5-13)33(22-7-15(27(40,41)42)2-16(8-22)28(43,44)45,23-9-17(29(46,47)48)3-18(10-23)30(49,50)51)24-11-19(31(52,53)54)4-20(12-24)32(55,56)57;1-13(2)10-15-11-18(9-8-17-15)12-16(19)14-6-4-3-5-7-14/h1-12H;3-9,11,13H,10,12H2,1-2H3/q-1;+1. The Morgan fingerprint density at radius 3 is 0.934 bits per heavy atom. The van der Waals surface area contributed by atoms with E-state index in [9.17, 15) is 110 Å². The largest absolute Gasteiger partial charge is 0.416 e. The molecule has 6 rings (SSSR count). The van der Waals surface area contributed by atoms with E-state index in [1.807, 2.05) is 47.3 Å². The van der Waals surface area contributed by atoms with E-state index in [-0.39, 0.29) is 5.78 Å². The summed E-state index contributed by atoms with van der Waals surface area (Å²) in [6.45, 7) is 4.68. The number of alkyl halides is 24. The topological polar surface area (TPSA) is 33.8 Å². The molecular weight excluding hydrogens is 1090 g/mol. The molecule has 1 heterocycles. The Balaban J connectivity index is 0.000000468. The van der Waals surface area contributed by atoms with Gasteiger partial charge in [0.25, 0.3) is 0 Å². The number of hydrogen-bond acceptors (Lipinski definition) is 2. The van der Waals surface area contributed by atoms with Crippen molar-refractivity contribution in [2.75, 3.05) is 0 Å². The molecule has 0 aliphatic rings. The van der Waals surface area contributed by atoms with Gasteiger partial charge in [-0.15, -0.1) is 0 Å². The van der Waals surface area contributed by atoms with Crippen LogP contribution in [0.25, 0.3) is 0 Å². The average molecular weight is 1120 g/mol. The molecule has 3 nitrogen and oxygen atoms in total. The summed E-state index contributed by atoms with van der Waals surface area (Å²) in [5.74, 6) is 0.681. The maximum atomic E-state index is 14.2. The van der Waals surface area contributed by atoms with Crippen LogP contribution in [0.5, 0.6) is 0 Å². The fourth-order valence-electron chi connectivity index (χ4n) is 8.06. The Labute approximate surface area is 412 Å². The molecule has 6 aromatic rings. The van der Waals surface area contributed by atoms with Crippen molar-refractivity contribution < 1.29 is 115 Å². The van der Waals surface area contributed by atoms with Crippen molar-refractivity contribution in [3.63, 3.8) is 0 Å². The monoisotopic (exact) mass is 1120 g/mol. The Kier molecular flexibility index (Phi) is 16.6. The molecule has 5 aromatic carbocycles. The minimum Gasteiger partial charge on any atom is -0.287 e. The van der Waals surface area contributed by atoms with Crippen molar-refractivity contribution in [2.45, 2.75) is 76.2 Å². The fraction of sp³-hybridized carbons (Fsp3) is 0.271. The van der Waals surface area contributed by atoms with Crippen LogP contribution in [0.15, 0.2) is 122 Å². The lowest BCUT2D eigenvalue weighted by Crippen LogP contribution is -2.75. The summed E-state index contributed by atoms with van der Waals surface area (Å²) in [4.78, 5) is 16.4. The first-order valence-corrected chi connectivity index (χ1v) is 21.2. The molecule has 1 aromatic heterocycles. The van der Waals surface area contributed by atoms with Crippen molar-refractivity contribution in [3.8, 4) is 0 Å². The quantitative estimate of drug-likeness (QED) is 0.0626. The van der Waals surface area contributed by atoms with E-state index in [1.54, 1.807) is 6.20 Å². The number of nitrogens with zero attached hydrogens (tertiary/aromatic N) is 2. The third-order valence-corrected chi connectivity index (χ3v) is 11.3. The number of carbonyl (C=O) groups excluding carboxylic acids is 1. The predicted octanol–water partition coefficient (Wildman–Crippen LogP) is 13.7. The van der Waals surface area contributed by atoms with Gasteiger partial charge in [-0.2, -0.15) is 132 Å². The Morgan fingerprint density at radius 2 is 0.697 bits per heavy atom. The molecule has 76 heavy (non-hydrogen) atoms. The average Bonchev–Trinajstić information content (AvgIpc) is 3.27. The van der Waals surface area contributed by atoms with Crippen molar-refractivity contribution in [2.24, 2.45) is 5.92 Å². The first-order valence-electron chi connectivity index (χ1n) is 21.2. The van der Waals surface area contributed by atoms with Crippen LogP contribution >= 0.6 is 0 Å². The highest BCUT2D eigenvalue weighted by molar-refractivity contribution is 7.20. The number of benzene rings is 5. The second kappa shape index (κ2) is 21.0. The van der Waals surface area contributed by atoms with Gasteiger partial charge in [0.05, 0.1) is 50.7 Å². The molecule has 0 unspecified atom stereocenters. The highest BCUT2D eigenvalue weighted by Crippen LogP contribution is 2.41. The van der Waals surface area contributed by atoms with Crippen LogP contribution in [0.4, 0.5) is 105 Å². The van der Waals surface area contributed by atoms with Gasteiger partial charge >= 0.3 is 49.4 Å². The summed E-state index contributed by atoms with van der Waals surface area (Å²) < 4.78 is 343. The van der Waals surface area contributed by atoms with E-state index >= 15 is 0 Å². The number of aromatic nitrogens is 2. The van der Waals surface area contributed by atoms with Gasteiger partial charge in [0.2, 0.25) is 12.3 Å². The number of rotatable bonds is 9. The Hall–Kier alpha value is -6.77. The van der Waals surface area contributed by atoms with Gasteiger partial charge in [-0.05, 0) is 36.6 Å². The first kappa shape index (κ1) is 60.1. The highest BCUT2D eigenvalue weighted by atomic mass is 19.4. The van der Waals surface area contributed by atoms with Crippen LogP contribution in [-0.4, -0.2) is 16.9 Å². The van der Waals surface area contributed by atoms with Crippen molar-refractivity contribution in [3.05, 3.63) is 177 Å². The van der Waals surface area contributed by atoms with Crippen LogP contribution in [-0.2, 0) is 62.4 Å². The molecule has 0 aliphatic carbocycles.